The topological polar surface area (TPSA) is 49.4 Å². The highest BCUT2D eigenvalue weighted by molar-refractivity contribution is 6.09. The quantitative estimate of drug-likeness (QED) is 0.904. The summed E-state index contributed by atoms with van der Waals surface area (Å²) in [4.78, 5) is 26.4. The highest BCUT2D eigenvalue weighted by Crippen LogP contribution is 2.31. The van der Waals surface area contributed by atoms with Gasteiger partial charge in [0.05, 0.1) is 11.7 Å². The lowest BCUT2D eigenvalue weighted by Crippen LogP contribution is -2.49. The molecule has 2 aromatic carbocycles. The van der Waals surface area contributed by atoms with Gasteiger partial charge in [-0.05, 0) is 37.6 Å². The Morgan fingerprint density at radius 3 is 2.67 bits per heavy atom. The van der Waals surface area contributed by atoms with E-state index in [1.54, 1.807) is 0 Å². The van der Waals surface area contributed by atoms with E-state index in [0.717, 1.165) is 5.56 Å². The number of carbonyl (C=O) groups excluding carboxylic acids is 2. The van der Waals surface area contributed by atoms with Gasteiger partial charge in [-0.25, -0.2) is 9.18 Å². The molecule has 5 heteroatoms. The number of carbonyl (C=O) groups is 2. The van der Waals surface area contributed by atoms with E-state index in [-0.39, 0.29) is 35.9 Å². The van der Waals surface area contributed by atoms with Crippen LogP contribution < -0.4 is 10.2 Å². The van der Waals surface area contributed by atoms with Crippen molar-refractivity contribution in [1.29, 1.82) is 0 Å². The number of benzene rings is 2. The van der Waals surface area contributed by atoms with Crippen LogP contribution in [0, 0.1) is 5.82 Å². The standard InChI is InChI=1S/C19H19FN2O2/c1-12-10-18(23)16-11-15(20)8-9-17(16)22(12)19(24)21-13(2)14-6-4-3-5-7-14/h3-9,11-13H,10H2,1-2H3,(H,21,24)/t12-,13+/m0/s1. The molecule has 0 bridgehead atoms. The van der Waals surface area contributed by atoms with Crippen LogP contribution in [0.4, 0.5) is 14.9 Å². The molecule has 0 saturated carbocycles. The van der Waals surface area contributed by atoms with Gasteiger partial charge < -0.3 is 5.32 Å². The summed E-state index contributed by atoms with van der Waals surface area (Å²) < 4.78 is 13.5. The summed E-state index contributed by atoms with van der Waals surface area (Å²) in [5, 5.41) is 2.95. The van der Waals surface area contributed by atoms with E-state index in [2.05, 4.69) is 5.32 Å². The third kappa shape index (κ3) is 3.02. The first-order chi connectivity index (χ1) is 11.5. The summed E-state index contributed by atoms with van der Waals surface area (Å²) in [6.07, 6.45) is 0.184. The van der Waals surface area contributed by atoms with Crippen molar-refractivity contribution in [3.8, 4) is 0 Å². The number of nitrogens with zero attached hydrogens (tertiary/aromatic N) is 1. The molecule has 0 unspecified atom stereocenters. The van der Waals surface area contributed by atoms with E-state index in [1.807, 2.05) is 44.2 Å². The zero-order valence-corrected chi connectivity index (χ0v) is 13.6. The highest BCUT2D eigenvalue weighted by Gasteiger charge is 2.33. The SMILES string of the molecule is C[C@@H](NC(=O)N1c2ccc(F)cc2C(=O)C[C@@H]1C)c1ccccc1. The monoisotopic (exact) mass is 326 g/mol. The van der Waals surface area contributed by atoms with E-state index in [4.69, 9.17) is 0 Å². The van der Waals surface area contributed by atoms with Crippen LogP contribution in [-0.2, 0) is 0 Å². The first kappa shape index (κ1) is 16.2. The van der Waals surface area contributed by atoms with Gasteiger partial charge in [-0.15, -0.1) is 0 Å². The van der Waals surface area contributed by atoms with Gasteiger partial charge in [-0.3, -0.25) is 9.69 Å². The number of ketones is 1. The van der Waals surface area contributed by atoms with E-state index in [9.17, 15) is 14.0 Å². The number of nitrogens with one attached hydrogen (secondary N) is 1. The number of amides is 2. The van der Waals surface area contributed by atoms with Crippen LogP contribution in [0.25, 0.3) is 0 Å². The molecule has 0 saturated heterocycles. The molecule has 0 aromatic heterocycles. The van der Waals surface area contributed by atoms with E-state index < -0.39 is 5.82 Å². The van der Waals surface area contributed by atoms with Crippen molar-refractivity contribution in [2.45, 2.75) is 32.4 Å². The molecular formula is C19H19FN2O2. The maximum absolute atomic E-state index is 13.5. The van der Waals surface area contributed by atoms with Gasteiger partial charge in [0, 0.05) is 18.0 Å². The van der Waals surface area contributed by atoms with Crippen LogP contribution in [0.2, 0.25) is 0 Å². The summed E-state index contributed by atoms with van der Waals surface area (Å²) in [5.41, 5.74) is 1.71. The third-order valence-corrected chi connectivity index (χ3v) is 4.30. The Kier molecular flexibility index (Phi) is 4.34. The van der Waals surface area contributed by atoms with E-state index >= 15 is 0 Å². The third-order valence-electron chi connectivity index (χ3n) is 4.30. The second-order valence-electron chi connectivity index (χ2n) is 6.09. The Bertz CT molecular complexity index is 776. The molecule has 2 aromatic rings. The van der Waals surface area contributed by atoms with Crippen molar-refractivity contribution in [1.82, 2.24) is 5.32 Å². The van der Waals surface area contributed by atoms with Crippen molar-refractivity contribution >= 4 is 17.5 Å². The number of hydrogen-bond acceptors (Lipinski definition) is 2. The number of hydrogen-bond donors (Lipinski definition) is 1. The molecule has 2 atom stereocenters. The summed E-state index contributed by atoms with van der Waals surface area (Å²) in [6.45, 7) is 3.72. The van der Waals surface area contributed by atoms with Crippen LogP contribution >= 0.6 is 0 Å². The van der Waals surface area contributed by atoms with E-state index in [1.165, 1.54) is 23.1 Å². The minimum atomic E-state index is -0.477. The van der Waals surface area contributed by atoms with Crippen LogP contribution in [0.5, 0.6) is 0 Å². The molecule has 0 aliphatic carbocycles. The van der Waals surface area contributed by atoms with Crippen molar-refractivity contribution < 1.29 is 14.0 Å². The molecule has 4 nitrogen and oxygen atoms in total. The fourth-order valence-electron chi connectivity index (χ4n) is 3.04. The van der Waals surface area contributed by atoms with Crippen molar-refractivity contribution in [2.24, 2.45) is 0 Å². The molecular weight excluding hydrogens is 307 g/mol. The van der Waals surface area contributed by atoms with Crippen LogP contribution in [0.3, 0.4) is 0 Å². The fourth-order valence-corrected chi connectivity index (χ4v) is 3.04. The lowest BCUT2D eigenvalue weighted by Gasteiger charge is -2.35. The average molecular weight is 326 g/mol. The fraction of sp³-hybridized carbons (Fsp3) is 0.263. The maximum Gasteiger partial charge on any atom is 0.322 e. The molecule has 1 heterocycles. The van der Waals surface area contributed by atoms with Crippen LogP contribution in [-0.4, -0.2) is 17.9 Å². The Balaban J connectivity index is 1.87. The average Bonchev–Trinajstić information content (AvgIpc) is 2.56. The Morgan fingerprint density at radius 1 is 1.25 bits per heavy atom. The molecule has 1 N–H and O–H groups in total. The molecule has 0 spiro atoms. The number of rotatable bonds is 2. The highest BCUT2D eigenvalue weighted by atomic mass is 19.1. The molecule has 124 valence electrons. The zero-order valence-electron chi connectivity index (χ0n) is 13.6. The normalized spacial score (nSPS) is 18.0. The predicted octanol–water partition coefficient (Wildman–Crippen LogP) is 4.08. The summed E-state index contributed by atoms with van der Waals surface area (Å²) in [6, 6.07) is 12.8. The first-order valence-electron chi connectivity index (χ1n) is 7.95. The summed E-state index contributed by atoms with van der Waals surface area (Å²) in [5.74, 6) is -0.619. The Hall–Kier alpha value is -2.69. The molecule has 24 heavy (non-hydrogen) atoms. The van der Waals surface area contributed by atoms with E-state index in [0.29, 0.717) is 5.69 Å². The largest absolute Gasteiger partial charge is 0.331 e. The minimum absolute atomic E-state index is 0.142. The predicted molar refractivity (Wildman–Crippen MR) is 90.7 cm³/mol. The van der Waals surface area contributed by atoms with Crippen LogP contribution in [0.15, 0.2) is 48.5 Å². The zero-order chi connectivity index (χ0) is 17.3. The van der Waals surface area contributed by atoms with Gasteiger partial charge in [0.25, 0.3) is 0 Å². The minimum Gasteiger partial charge on any atom is -0.331 e. The number of fused-ring (bicyclic) bond motifs is 1. The van der Waals surface area contributed by atoms with Gasteiger partial charge in [0.1, 0.15) is 5.82 Å². The Labute approximate surface area is 140 Å². The molecule has 2 amide bonds. The van der Waals surface area contributed by atoms with Crippen molar-refractivity contribution in [3.05, 3.63) is 65.5 Å². The van der Waals surface area contributed by atoms with Gasteiger partial charge in [-0.2, -0.15) is 0 Å². The van der Waals surface area contributed by atoms with Gasteiger partial charge in [0.2, 0.25) is 0 Å². The first-order valence-corrected chi connectivity index (χ1v) is 7.95. The number of anilines is 1. The van der Waals surface area contributed by atoms with Crippen molar-refractivity contribution in [3.63, 3.8) is 0 Å². The summed E-state index contributed by atoms with van der Waals surface area (Å²) in [7, 11) is 0. The molecule has 1 aliphatic rings. The number of Topliss-reactive ketones (excluding diaryl/α,β-unsaturated/α-hetero) is 1. The Morgan fingerprint density at radius 2 is 1.96 bits per heavy atom. The van der Waals surface area contributed by atoms with Gasteiger partial charge >= 0.3 is 6.03 Å². The second kappa shape index (κ2) is 6.43. The second-order valence-corrected chi connectivity index (χ2v) is 6.09. The molecule has 0 radical (unpaired) electrons. The van der Waals surface area contributed by atoms with Crippen LogP contribution in [0.1, 0.15) is 42.2 Å². The smallest absolute Gasteiger partial charge is 0.322 e. The number of urea groups is 1. The van der Waals surface area contributed by atoms with Crippen molar-refractivity contribution in [2.75, 3.05) is 4.90 Å². The molecule has 0 fully saturated rings. The lowest BCUT2D eigenvalue weighted by atomic mass is 9.95. The number of halogens is 1. The maximum atomic E-state index is 13.5. The van der Waals surface area contributed by atoms with Gasteiger partial charge in [0.15, 0.2) is 5.78 Å². The summed E-state index contributed by atoms with van der Waals surface area (Å²) >= 11 is 0. The van der Waals surface area contributed by atoms with Gasteiger partial charge in [-0.1, -0.05) is 30.3 Å². The molecule has 3 rings (SSSR count). The molecule has 1 aliphatic heterocycles. The lowest BCUT2D eigenvalue weighted by molar-refractivity contribution is 0.0969.